The van der Waals surface area contributed by atoms with Crippen molar-refractivity contribution in [3.8, 4) is 11.8 Å². The summed E-state index contributed by atoms with van der Waals surface area (Å²) in [6.45, 7) is 0.766. The molecule has 1 saturated carbocycles. The Morgan fingerprint density at radius 3 is 2.71 bits per heavy atom. The highest BCUT2D eigenvalue weighted by atomic mass is 35.5. The fourth-order valence-corrected chi connectivity index (χ4v) is 2.46. The van der Waals surface area contributed by atoms with E-state index in [9.17, 15) is 0 Å². The van der Waals surface area contributed by atoms with Crippen LogP contribution in [0.5, 0.6) is 5.75 Å². The van der Waals surface area contributed by atoms with Crippen LogP contribution in [-0.4, -0.2) is 6.61 Å². The highest BCUT2D eigenvalue weighted by Crippen LogP contribution is 2.26. The van der Waals surface area contributed by atoms with Crippen molar-refractivity contribution < 1.29 is 4.74 Å². The van der Waals surface area contributed by atoms with Crippen LogP contribution in [0.3, 0.4) is 0 Å². The predicted molar refractivity (Wildman–Crippen MR) is 68.2 cm³/mol. The maximum Gasteiger partial charge on any atom is 0.120 e. The van der Waals surface area contributed by atoms with Crippen LogP contribution in [0.15, 0.2) is 18.2 Å². The van der Waals surface area contributed by atoms with Gasteiger partial charge in [0.2, 0.25) is 0 Å². The van der Waals surface area contributed by atoms with E-state index in [4.69, 9.17) is 21.6 Å². The van der Waals surface area contributed by atoms with Crippen LogP contribution in [0.1, 0.15) is 37.7 Å². The molecule has 2 nitrogen and oxygen atoms in total. The van der Waals surface area contributed by atoms with E-state index in [0.29, 0.717) is 16.5 Å². The van der Waals surface area contributed by atoms with E-state index in [0.717, 1.165) is 12.4 Å². The van der Waals surface area contributed by atoms with Crippen LogP contribution >= 0.6 is 11.6 Å². The molecule has 0 aliphatic heterocycles. The van der Waals surface area contributed by atoms with E-state index in [1.54, 1.807) is 12.1 Å². The molecule has 0 unspecified atom stereocenters. The fourth-order valence-electron chi connectivity index (χ4n) is 2.24. The lowest BCUT2D eigenvalue weighted by molar-refractivity contribution is 0.209. The molecular weight excluding hydrogens is 234 g/mol. The van der Waals surface area contributed by atoms with Gasteiger partial charge in [-0.05, 0) is 30.9 Å². The van der Waals surface area contributed by atoms with Crippen LogP contribution < -0.4 is 4.74 Å². The van der Waals surface area contributed by atoms with Gasteiger partial charge in [0.05, 0.1) is 17.2 Å². The first-order chi connectivity index (χ1) is 8.29. The van der Waals surface area contributed by atoms with Gasteiger partial charge in [-0.2, -0.15) is 5.26 Å². The molecule has 1 aromatic carbocycles. The van der Waals surface area contributed by atoms with Gasteiger partial charge in [-0.3, -0.25) is 0 Å². The van der Waals surface area contributed by atoms with E-state index in [2.05, 4.69) is 0 Å². The van der Waals surface area contributed by atoms with Gasteiger partial charge in [0.1, 0.15) is 11.8 Å². The molecule has 0 heterocycles. The molecular formula is C14H16ClNO. The molecule has 3 heteroatoms. The Kier molecular flexibility index (Phi) is 4.28. The van der Waals surface area contributed by atoms with Crippen LogP contribution in [-0.2, 0) is 0 Å². The minimum atomic E-state index is 0.466. The molecule has 0 bridgehead atoms. The number of benzene rings is 1. The third-order valence-electron chi connectivity index (χ3n) is 3.27. The summed E-state index contributed by atoms with van der Waals surface area (Å²) >= 11 is 5.95. The van der Waals surface area contributed by atoms with Crippen LogP contribution in [0, 0.1) is 17.2 Å². The maximum atomic E-state index is 8.77. The topological polar surface area (TPSA) is 33.0 Å². The SMILES string of the molecule is N#Cc1ccc(OCC2CCCCC2)cc1Cl. The Labute approximate surface area is 107 Å². The molecule has 1 aromatic rings. The lowest BCUT2D eigenvalue weighted by Gasteiger charge is -2.21. The summed E-state index contributed by atoms with van der Waals surface area (Å²) in [4.78, 5) is 0. The third kappa shape index (κ3) is 3.38. The van der Waals surface area contributed by atoms with Crippen LogP contribution in [0.4, 0.5) is 0 Å². The lowest BCUT2D eigenvalue weighted by Crippen LogP contribution is -2.15. The summed E-state index contributed by atoms with van der Waals surface area (Å²) in [5.41, 5.74) is 0.497. The average molecular weight is 250 g/mol. The second-order valence-electron chi connectivity index (χ2n) is 4.57. The summed E-state index contributed by atoms with van der Waals surface area (Å²) in [6.07, 6.45) is 6.54. The van der Waals surface area contributed by atoms with Crippen molar-refractivity contribution in [1.82, 2.24) is 0 Å². The molecule has 0 N–H and O–H groups in total. The second kappa shape index (κ2) is 5.93. The van der Waals surface area contributed by atoms with E-state index in [1.165, 1.54) is 32.1 Å². The molecule has 2 rings (SSSR count). The second-order valence-corrected chi connectivity index (χ2v) is 4.98. The maximum absolute atomic E-state index is 8.77. The van der Waals surface area contributed by atoms with Gasteiger partial charge in [0.15, 0.2) is 0 Å². The Morgan fingerprint density at radius 2 is 2.06 bits per heavy atom. The standard InChI is InChI=1S/C14H16ClNO/c15-14-8-13(7-6-12(14)9-16)17-10-11-4-2-1-3-5-11/h6-8,11H,1-5,10H2. The molecule has 17 heavy (non-hydrogen) atoms. The Bertz CT molecular complexity index is 419. The van der Waals surface area contributed by atoms with Gasteiger partial charge in [0.25, 0.3) is 0 Å². The first kappa shape index (κ1) is 12.3. The third-order valence-corrected chi connectivity index (χ3v) is 3.58. The molecule has 1 fully saturated rings. The summed E-state index contributed by atoms with van der Waals surface area (Å²) in [7, 11) is 0. The van der Waals surface area contributed by atoms with E-state index < -0.39 is 0 Å². The number of nitrogens with zero attached hydrogens (tertiary/aromatic N) is 1. The fraction of sp³-hybridized carbons (Fsp3) is 0.500. The van der Waals surface area contributed by atoms with Gasteiger partial charge in [-0.25, -0.2) is 0 Å². The average Bonchev–Trinajstić information content (AvgIpc) is 2.38. The number of rotatable bonds is 3. The van der Waals surface area contributed by atoms with Gasteiger partial charge in [0, 0.05) is 6.07 Å². The monoisotopic (exact) mass is 249 g/mol. The van der Waals surface area contributed by atoms with Crippen molar-refractivity contribution in [3.63, 3.8) is 0 Å². The van der Waals surface area contributed by atoms with Crippen molar-refractivity contribution in [3.05, 3.63) is 28.8 Å². The summed E-state index contributed by atoms with van der Waals surface area (Å²) in [5, 5.41) is 9.23. The smallest absolute Gasteiger partial charge is 0.120 e. The normalized spacial score (nSPS) is 16.5. The zero-order valence-corrected chi connectivity index (χ0v) is 10.5. The minimum Gasteiger partial charge on any atom is -0.493 e. The Balaban J connectivity index is 1.90. The Morgan fingerprint density at radius 1 is 1.29 bits per heavy atom. The quantitative estimate of drug-likeness (QED) is 0.805. The van der Waals surface area contributed by atoms with E-state index in [1.807, 2.05) is 12.1 Å². The number of nitriles is 1. The summed E-state index contributed by atoms with van der Waals surface area (Å²) in [5.74, 6) is 1.44. The first-order valence-electron chi connectivity index (χ1n) is 6.12. The molecule has 90 valence electrons. The molecule has 1 aliphatic rings. The highest BCUT2D eigenvalue weighted by molar-refractivity contribution is 6.31. The molecule has 0 saturated heterocycles. The molecule has 0 atom stereocenters. The van der Waals surface area contributed by atoms with Crippen molar-refractivity contribution in [2.24, 2.45) is 5.92 Å². The lowest BCUT2D eigenvalue weighted by atomic mass is 9.90. The van der Waals surface area contributed by atoms with Crippen LogP contribution in [0.25, 0.3) is 0 Å². The number of hydrogen-bond acceptors (Lipinski definition) is 2. The number of hydrogen-bond donors (Lipinski definition) is 0. The number of ether oxygens (including phenoxy) is 1. The van der Waals surface area contributed by atoms with Crippen molar-refractivity contribution >= 4 is 11.6 Å². The summed E-state index contributed by atoms with van der Waals surface area (Å²) in [6, 6.07) is 7.29. The van der Waals surface area contributed by atoms with Crippen molar-refractivity contribution in [2.45, 2.75) is 32.1 Å². The van der Waals surface area contributed by atoms with Crippen molar-refractivity contribution in [2.75, 3.05) is 6.61 Å². The molecule has 0 radical (unpaired) electrons. The van der Waals surface area contributed by atoms with Gasteiger partial charge in [-0.1, -0.05) is 30.9 Å². The predicted octanol–water partition coefficient (Wildman–Crippen LogP) is 4.17. The molecule has 0 amide bonds. The summed E-state index contributed by atoms with van der Waals surface area (Å²) < 4.78 is 5.73. The van der Waals surface area contributed by atoms with Gasteiger partial charge in [-0.15, -0.1) is 0 Å². The highest BCUT2D eigenvalue weighted by Gasteiger charge is 2.14. The van der Waals surface area contributed by atoms with Crippen LogP contribution in [0.2, 0.25) is 5.02 Å². The zero-order valence-electron chi connectivity index (χ0n) is 9.79. The van der Waals surface area contributed by atoms with E-state index in [-0.39, 0.29) is 0 Å². The zero-order chi connectivity index (χ0) is 12.1. The van der Waals surface area contributed by atoms with E-state index >= 15 is 0 Å². The van der Waals surface area contributed by atoms with Crippen molar-refractivity contribution in [1.29, 1.82) is 5.26 Å². The molecule has 1 aliphatic carbocycles. The minimum absolute atomic E-state index is 0.466. The molecule has 0 spiro atoms. The Hall–Kier alpha value is -1.20. The van der Waals surface area contributed by atoms with Gasteiger partial charge < -0.3 is 4.74 Å². The van der Waals surface area contributed by atoms with Gasteiger partial charge >= 0.3 is 0 Å². The molecule has 0 aromatic heterocycles. The first-order valence-corrected chi connectivity index (χ1v) is 6.50. The number of halogens is 1. The largest absolute Gasteiger partial charge is 0.493 e.